The van der Waals surface area contributed by atoms with Gasteiger partial charge in [0.15, 0.2) is 0 Å². The molecule has 15 heavy (non-hydrogen) atoms. The largest absolute Gasteiger partial charge is 0.349 e. The molecule has 0 aliphatic carbocycles. The Bertz CT molecular complexity index is 332. The molecule has 0 bridgehead atoms. The topological polar surface area (TPSA) is 67.2 Å². The third-order valence-corrected chi connectivity index (χ3v) is 1.85. The van der Waals surface area contributed by atoms with Crippen LogP contribution in [-0.4, -0.2) is 47.0 Å². The summed E-state index contributed by atoms with van der Waals surface area (Å²) in [6.07, 6.45) is 4.77. The maximum absolute atomic E-state index is 11.3. The third-order valence-electron chi connectivity index (χ3n) is 1.85. The Hall–Kier alpha value is -1.85. The minimum atomic E-state index is -0.279. The summed E-state index contributed by atoms with van der Waals surface area (Å²) < 4.78 is 1.32. The first-order chi connectivity index (χ1) is 7.11. The van der Waals surface area contributed by atoms with Crippen molar-refractivity contribution in [1.29, 1.82) is 0 Å². The van der Waals surface area contributed by atoms with Gasteiger partial charge in [0, 0.05) is 39.5 Å². The molecule has 0 unspecified atom stereocenters. The monoisotopic (exact) mass is 210 g/mol. The van der Waals surface area contributed by atoms with Crippen molar-refractivity contribution in [3.63, 3.8) is 0 Å². The van der Waals surface area contributed by atoms with E-state index in [0.29, 0.717) is 13.0 Å². The highest BCUT2D eigenvalue weighted by atomic mass is 16.2. The Balaban J connectivity index is 2.27. The van der Waals surface area contributed by atoms with E-state index in [-0.39, 0.29) is 11.9 Å². The molecule has 82 valence electrons. The van der Waals surface area contributed by atoms with Gasteiger partial charge in [0.1, 0.15) is 6.33 Å². The van der Waals surface area contributed by atoms with Gasteiger partial charge in [-0.2, -0.15) is 0 Å². The number of amides is 2. The van der Waals surface area contributed by atoms with Crippen LogP contribution in [0, 0.1) is 0 Å². The van der Waals surface area contributed by atoms with Crippen molar-refractivity contribution >= 4 is 11.9 Å². The lowest BCUT2D eigenvalue weighted by Crippen LogP contribution is -2.32. The van der Waals surface area contributed by atoms with Gasteiger partial charge < -0.3 is 10.2 Å². The van der Waals surface area contributed by atoms with Gasteiger partial charge in [-0.25, -0.2) is 9.78 Å². The number of aromatic nitrogens is 2. The van der Waals surface area contributed by atoms with E-state index in [2.05, 4.69) is 10.3 Å². The summed E-state index contributed by atoms with van der Waals surface area (Å²) >= 11 is 0. The molecule has 0 aromatic carbocycles. The molecule has 0 radical (unpaired) electrons. The molecule has 0 fully saturated rings. The first-order valence-electron chi connectivity index (χ1n) is 4.57. The van der Waals surface area contributed by atoms with Crippen LogP contribution in [0.25, 0.3) is 0 Å². The Morgan fingerprint density at radius 2 is 2.20 bits per heavy atom. The number of carbonyl (C=O) groups is 2. The van der Waals surface area contributed by atoms with Gasteiger partial charge in [0.2, 0.25) is 5.91 Å². The Labute approximate surface area is 87.9 Å². The summed E-state index contributed by atoms with van der Waals surface area (Å²) in [6, 6.07) is -0.279. The van der Waals surface area contributed by atoms with Crippen LogP contribution in [0.5, 0.6) is 0 Å². The number of nitrogens with zero attached hydrogens (tertiary/aromatic N) is 3. The van der Waals surface area contributed by atoms with E-state index in [1.54, 1.807) is 20.3 Å². The zero-order valence-electron chi connectivity index (χ0n) is 8.80. The molecule has 0 atom stereocenters. The minimum Gasteiger partial charge on any atom is -0.349 e. The standard InChI is InChI=1S/C9H14N4O2/c1-12(2)8(14)3-4-11-9(15)13-6-5-10-7-13/h5-7H,3-4H2,1-2H3,(H,11,15). The van der Waals surface area contributed by atoms with E-state index in [1.165, 1.54) is 22.0 Å². The van der Waals surface area contributed by atoms with E-state index in [9.17, 15) is 9.59 Å². The molecular formula is C9H14N4O2. The number of carbonyl (C=O) groups excluding carboxylic acids is 2. The molecule has 0 saturated carbocycles. The molecule has 1 aromatic rings. The summed E-state index contributed by atoms with van der Waals surface area (Å²) in [6.45, 7) is 0.327. The van der Waals surface area contributed by atoms with Crippen LogP contribution in [0.4, 0.5) is 4.79 Å². The second kappa shape index (κ2) is 5.14. The molecule has 6 heteroatoms. The van der Waals surface area contributed by atoms with Crippen molar-refractivity contribution in [3.05, 3.63) is 18.7 Å². The second-order valence-electron chi connectivity index (χ2n) is 3.24. The molecule has 1 aromatic heterocycles. The van der Waals surface area contributed by atoms with Crippen LogP contribution in [-0.2, 0) is 4.79 Å². The van der Waals surface area contributed by atoms with Crippen molar-refractivity contribution in [2.75, 3.05) is 20.6 Å². The van der Waals surface area contributed by atoms with E-state index >= 15 is 0 Å². The predicted molar refractivity (Wildman–Crippen MR) is 54.3 cm³/mol. The zero-order valence-corrected chi connectivity index (χ0v) is 8.80. The fraction of sp³-hybridized carbons (Fsp3) is 0.444. The van der Waals surface area contributed by atoms with Gasteiger partial charge in [0.25, 0.3) is 0 Å². The lowest BCUT2D eigenvalue weighted by Gasteiger charge is -2.10. The first-order valence-corrected chi connectivity index (χ1v) is 4.57. The summed E-state index contributed by atoms with van der Waals surface area (Å²) in [5, 5.41) is 2.61. The SMILES string of the molecule is CN(C)C(=O)CCNC(=O)n1ccnc1. The normalized spacial score (nSPS) is 9.73. The average Bonchev–Trinajstić information content (AvgIpc) is 2.70. The van der Waals surface area contributed by atoms with Crippen LogP contribution < -0.4 is 5.32 Å². The quantitative estimate of drug-likeness (QED) is 0.758. The molecule has 1 heterocycles. The Morgan fingerprint density at radius 3 is 2.73 bits per heavy atom. The lowest BCUT2D eigenvalue weighted by atomic mass is 10.4. The molecule has 1 N–H and O–H groups in total. The molecule has 0 aliphatic heterocycles. The summed E-state index contributed by atoms with van der Waals surface area (Å²) in [5.41, 5.74) is 0. The number of hydrogen-bond donors (Lipinski definition) is 1. The minimum absolute atomic E-state index is 0.0130. The Kier molecular flexibility index (Phi) is 3.84. The van der Waals surface area contributed by atoms with Crippen molar-refractivity contribution in [1.82, 2.24) is 19.8 Å². The molecule has 2 amide bonds. The zero-order chi connectivity index (χ0) is 11.3. The second-order valence-corrected chi connectivity index (χ2v) is 3.24. The van der Waals surface area contributed by atoms with Crippen LogP contribution >= 0.6 is 0 Å². The van der Waals surface area contributed by atoms with Crippen molar-refractivity contribution in [2.45, 2.75) is 6.42 Å². The van der Waals surface area contributed by atoms with Crippen molar-refractivity contribution < 1.29 is 9.59 Å². The molecule has 1 rings (SSSR count). The fourth-order valence-corrected chi connectivity index (χ4v) is 0.971. The summed E-state index contributed by atoms with van der Waals surface area (Å²) in [4.78, 5) is 27.7. The van der Waals surface area contributed by atoms with Crippen LogP contribution in [0.2, 0.25) is 0 Å². The van der Waals surface area contributed by atoms with E-state index in [4.69, 9.17) is 0 Å². The summed E-state index contributed by atoms with van der Waals surface area (Å²) in [7, 11) is 3.36. The van der Waals surface area contributed by atoms with Gasteiger partial charge in [-0.15, -0.1) is 0 Å². The van der Waals surface area contributed by atoms with Gasteiger partial charge in [-0.1, -0.05) is 0 Å². The number of imidazole rings is 1. The number of hydrogen-bond acceptors (Lipinski definition) is 3. The number of nitrogens with one attached hydrogen (secondary N) is 1. The van der Waals surface area contributed by atoms with E-state index in [1.807, 2.05) is 0 Å². The molecule has 0 aliphatic rings. The fourth-order valence-electron chi connectivity index (χ4n) is 0.971. The Morgan fingerprint density at radius 1 is 1.47 bits per heavy atom. The van der Waals surface area contributed by atoms with Crippen molar-refractivity contribution in [3.8, 4) is 0 Å². The first kappa shape index (κ1) is 11.2. The predicted octanol–water partition coefficient (Wildman–Crippen LogP) is -0.0809. The van der Waals surface area contributed by atoms with E-state index < -0.39 is 0 Å². The molecular weight excluding hydrogens is 196 g/mol. The van der Waals surface area contributed by atoms with Crippen LogP contribution in [0.3, 0.4) is 0 Å². The maximum Gasteiger partial charge on any atom is 0.326 e. The van der Waals surface area contributed by atoms with Crippen LogP contribution in [0.1, 0.15) is 6.42 Å². The molecule has 0 spiro atoms. The van der Waals surface area contributed by atoms with Gasteiger partial charge in [-0.05, 0) is 0 Å². The van der Waals surface area contributed by atoms with Gasteiger partial charge in [0.05, 0.1) is 0 Å². The smallest absolute Gasteiger partial charge is 0.326 e. The van der Waals surface area contributed by atoms with Crippen molar-refractivity contribution in [2.24, 2.45) is 0 Å². The van der Waals surface area contributed by atoms with E-state index in [0.717, 1.165) is 0 Å². The molecule has 0 saturated heterocycles. The van der Waals surface area contributed by atoms with Gasteiger partial charge in [-0.3, -0.25) is 9.36 Å². The van der Waals surface area contributed by atoms with Crippen LogP contribution in [0.15, 0.2) is 18.7 Å². The summed E-state index contributed by atoms with van der Waals surface area (Å²) in [5.74, 6) is -0.0130. The third kappa shape index (κ3) is 3.41. The molecule has 6 nitrogen and oxygen atoms in total. The number of rotatable bonds is 3. The highest BCUT2D eigenvalue weighted by Crippen LogP contribution is 1.87. The maximum atomic E-state index is 11.3. The van der Waals surface area contributed by atoms with Gasteiger partial charge >= 0.3 is 6.03 Å². The average molecular weight is 210 g/mol. The highest BCUT2D eigenvalue weighted by molar-refractivity contribution is 5.78. The highest BCUT2D eigenvalue weighted by Gasteiger charge is 2.06. The lowest BCUT2D eigenvalue weighted by molar-refractivity contribution is -0.128.